The third-order valence-electron chi connectivity index (χ3n) is 1.24. The van der Waals surface area contributed by atoms with Crippen molar-refractivity contribution in [2.75, 3.05) is 5.75 Å². The molecule has 1 aromatic carbocycles. The maximum atomic E-state index is 11.8. The lowest BCUT2D eigenvalue weighted by atomic mass is 10.4. The zero-order valence-electron chi connectivity index (χ0n) is 6.47. The highest BCUT2D eigenvalue weighted by Gasteiger charge is 2.35. The van der Waals surface area contributed by atoms with Crippen molar-refractivity contribution in [1.82, 2.24) is 0 Å². The summed E-state index contributed by atoms with van der Waals surface area (Å²) in [7, 11) is 0. The van der Waals surface area contributed by atoms with Gasteiger partial charge < -0.3 is 4.55 Å². The van der Waals surface area contributed by atoms with Crippen LogP contribution < -0.4 is 0 Å². The average molecular weight is 207 g/mol. The Morgan fingerprint density at radius 2 is 2.15 bits per heavy atom. The van der Waals surface area contributed by atoms with Gasteiger partial charge in [0.25, 0.3) is 0 Å². The maximum Gasteiger partial charge on any atom is 0.433 e. The molecule has 0 N–H and O–H groups in total. The number of hydrogen-bond acceptors (Lipinski definition) is 1. The van der Waals surface area contributed by atoms with Crippen molar-refractivity contribution < 1.29 is 17.7 Å². The molecule has 0 heterocycles. The molecular formula is C8H6F3OS. The molecule has 1 atom stereocenters. The van der Waals surface area contributed by atoms with Crippen LogP contribution in [0.1, 0.15) is 0 Å². The van der Waals surface area contributed by atoms with Crippen LogP contribution in [-0.2, 0) is 11.2 Å². The summed E-state index contributed by atoms with van der Waals surface area (Å²) >= 11 is -2.01. The largest absolute Gasteiger partial charge is 0.611 e. The van der Waals surface area contributed by atoms with Gasteiger partial charge in [0.2, 0.25) is 5.75 Å². The smallest absolute Gasteiger partial charge is 0.433 e. The monoisotopic (exact) mass is 207 g/mol. The minimum absolute atomic E-state index is 0.153. The summed E-state index contributed by atoms with van der Waals surface area (Å²) in [6, 6.07) is 8.29. The van der Waals surface area contributed by atoms with Crippen molar-refractivity contribution in [1.29, 1.82) is 0 Å². The molecule has 71 valence electrons. The quantitative estimate of drug-likeness (QED) is 0.681. The van der Waals surface area contributed by atoms with E-state index >= 15 is 0 Å². The molecule has 1 nitrogen and oxygen atoms in total. The first-order valence-corrected chi connectivity index (χ1v) is 4.72. The number of benzene rings is 1. The van der Waals surface area contributed by atoms with Gasteiger partial charge in [-0.3, -0.25) is 0 Å². The van der Waals surface area contributed by atoms with Crippen molar-refractivity contribution in [3.63, 3.8) is 0 Å². The van der Waals surface area contributed by atoms with Gasteiger partial charge >= 0.3 is 6.18 Å². The van der Waals surface area contributed by atoms with Crippen LogP contribution in [0.4, 0.5) is 13.2 Å². The highest BCUT2D eigenvalue weighted by atomic mass is 32.2. The van der Waals surface area contributed by atoms with Crippen LogP contribution in [0, 0.1) is 6.07 Å². The molecule has 0 spiro atoms. The van der Waals surface area contributed by atoms with Crippen molar-refractivity contribution >= 4 is 11.2 Å². The van der Waals surface area contributed by atoms with E-state index in [1.54, 1.807) is 0 Å². The van der Waals surface area contributed by atoms with Gasteiger partial charge in [0, 0.05) is 6.07 Å². The Balaban J connectivity index is 2.64. The minimum Gasteiger partial charge on any atom is -0.611 e. The van der Waals surface area contributed by atoms with Crippen LogP contribution in [0.3, 0.4) is 0 Å². The van der Waals surface area contributed by atoms with Gasteiger partial charge in [-0.15, -0.1) is 0 Å². The Labute approximate surface area is 76.8 Å². The predicted molar refractivity (Wildman–Crippen MR) is 42.6 cm³/mol. The molecule has 1 rings (SSSR count). The summed E-state index contributed by atoms with van der Waals surface area (Å²) in [5.74, 6) is -1.30. The zero-order valence-corrected chi connectivity index (χ0v) is 7.28. The molecule has 5 heteroatoms. The second-order valence-corrected chi connectivity index (χ2v) is 3.80. The Morgan fingerprint density at radius 1 is 1.46 bits per heavy atom. The number of hydrogen-bond donors (Lipinski definition) is 0. The molecule has 1 unspecified atom stereocenters. The third-order valence-corrected chi connectivity index (χ3v) is 2.61. The van der Waals surface area contributed by atoms with E-state index in [0.29, 0.717) is 0 Å². The van der Waals surface area contributed by atoms with E-state index in [-0.39, 0.29) is 4.90 Å². The molecule has 0 saturated heterocycles. The molecule has 0 amide bonds. The topological polar surface area (TPSA) is 23.1 Å². The Morgan fingerprint density at radius 3 is 2.62 bits per heavy atom. The molecule has 0 bridgehead atoms. The molecule has 0 saturated carbocycles. The SMILES string of the molecule is [O-][S+](CC(F)(F)F)c1c[c]ccc1. The molecule has 0 aliphatic rings. The zero-order chi connectivity index (χ0) is 9.90. The lowest BCUT2D eigenvalue weighted by Gasteiger charge is -2.11. The first-order valence-electron chi connectivity index (χ1n) is 3.40. The summed E-state index contributed by atoms with van der Waals surface area (Å²) in [5.41, 5.74) is 0. The van der Waals surface area contributed by atoms with Crippen LogP contribution in [0.25, 0.3) is 0 Å². The molecule has 0 aliphatic carbocycles. The molecule has 0 fully saturated rings. The fraction of sp³-hybridized carbons (Fsp3) is 0.250. The van der Waals surface area contributed by atoms with E-state index in [2.05, 4.69) is 6.07 Å². The molecule has 1 aromatic rings. The first-order chi connectivity index (χ1) is 5.99. The van der Waals surface area contributed by atoms with Gasteiger partial charge in [0.1, 0.15) is 0 Å². The summed E-state index contributed by atoms with van der Waals surface area (Å²) < 4.78 is 46.4. The summed E-state index contributed by atoms with van der Waals surface area (Å²) in [5, 5.41) is 0. The standard InChI is InChI=1S/C8H6F3OS/c9-8(10,11)6-13(12)7-4-2-1-3-5-7/h1-2,4-5H,6H2. The Bertz CT molecular complexity index is 260. The molecule has 0 aliphatic heterocycles. The number of rotatable bonds is 2. The van der Waals surface area contributed by atoms with E-state index in [4.69, 9.17) is 0 Å². The molecule has 0 aromatic heterocycles. The van der Waals surface area contributed by atoms with Crippen LogP contribution in [0.5, 0.6) is 0 Å². The molecule has 1 radical (unpaired) electrons. The van der Waals surface area contributed by atoms with Crippen molar-refractivity contribution in [2.45, 2.75) is 11.1 Å². The van der Waals surface area contributed by atoms with Gasteiger partial charge in [0.15, 0.2) is 4.90 Å². The molecular weight excluding hydrogens is 201 g/mol. The van der Waals surface area contributed by atoms with Gasteiger partial charge in [-0.05, 0) is 23.3 Å². The van der Waals surface area contributed by atoms with Crippen LogP contribution in [0.2, 0.25) is 0 Å². The van der Waals surface area contributed by atoms with E-state index in [0.717, 1.165) is 0 Å². The number of alkyl halides is 3. The van der Waals surface area contributed by atoms with Crippen LogP contribution in [-0.4, -0.2) is 16.5 Å². The van der Waals surface area contributed by atoms with Crippen LogP contribution in [0.15, 0.2) is 29.2 Å². The number of halogens is 3. The third kappa shape index (κ3) is 3.69. The summed E-state index contributed by atoms with van der Waals surface area (Å²) in [6.45, 7) is 0. The lowest BCUT2D eigenvalue weighted by Crippen LogP contribution is -2.22. The second kappa shape index (κ2) is 4.02. The highest BCUT2D eigenvalue weighted by molar-refractivity contribution is 7.91. The van der Waals surface area contributed by atoms with Gasteiger partial charge in [-0.2, -0.15) is 13.2 Å². The Kier molecular flexibility index (Phi) is 3.22. The second-order valence-electron chi connectivity index (χ2n) is 2.34. The lowest BCUT2D eigenvalue weighted by molar-refractivity contribution is -0.106. The van der Waals surface area contributed by atoms with Gasteiger partial charge in [-0.1, -0.05) is 12.1 Å². The van der Waals surface area contributed by atoms with Crippen molar-refractivity contribution in [2.24, 2.45) is 0 Å². The first kappa shape index (κ1) is 10.4. The van der Waals surface area contributed by atoms with Gasteiger partial charge in [0.05, 0.1) is 0 Å². The fourth-order valence-electron chi connectivity index (χ4n) is 0.750. The van der Waals surface area contributed by atoms with E-state index < -0.39 is 23.1 Å². The average Bonchev–Trinajstić information content (AvgIpc) is 2.03. The van der Waals surface area contributed by atoms with E-state index in [1.165, 1.54) is 24.3 Å². The fourth-order valence-corrected chi connectivity index (χ4v) is 1.64. The van der Waals surface area contributed by atoms with E-state index in [9.17, 15) is 17.7 Å². The highest BCUT2D eigenvalue weighted by Crippen LogP contribution is 2.21. The van der Waals surface area contributed by atoms with Crippen molar-refractivity contribution in [3.8, 4) is 0 Å². The van der Waals surface area contributed by atoms with Crippen LogP contribution >= 0.6 is 0 Å². The van der Waals surface area contributed by atoms with Crippen molar-refractivity contribution in [3.05, 3.63) is 30.3 Å². The maximum absolute atomic E-state index is 11.8. The summed E-state index contributed by atoms with van der Waals surface area (Å²) in [6.07, 6.45) is -4.39. The molecule has 13 heavy (non-hydrogen) atoms. The predicted octanol–water partition coefficient (Wildman–Crippen LogP) is 2.16. The Hall–Kier alpha value is -0.680. The van der Waals surface area contributed by atoms with Gasteiger partial charge in [-0.25, -0.2) is 0 Å². The normalized spacial score (nSPS) is 14.2. The summed E-state index contributed by atoms with van der Waals surface area (Å²) in [4.78, 5) is 0.153. The minimum atomic E-state index is -4.39. The van der Waals surface area contributed by atoms with E-state index in [1.807, 2.05) is 0 Å².